The molecule has 1 aromatic heterocycles. The molecule has 3 fully saturated rings. The van der Waals surface area contributed by atoms with Crippen LogP contribution in [-0.4, -0.2) is 11.6 Å². The number of amides is 1. The van der Waals surface area contributed by atoms with Crippen LogP contribution in [0.5, 0.6) is 0 Å². The molecule has 0 radical (unpaired) electrons. The largest absolute Gasteiger partial charge is 0.468 e. The average molecular weight is 321 g/mol. The Hall–Kier alpha value is -2.82. The molecule has 7 heteroatoms. The predicted octanol–water partition coefficient (Wildman–Crippen LogP) is 1.48. The second-order valence-electron chi connectivity index (χ2n) is 6.77. The van der Waals surface area contributed by atoms with Gasteiger partial charge >= 0.3 is 0 Å². The van der Waals surface area contributed by atoms with Crippen LogP contribution in [0.4, 0.5) is 0 Å². The fourth-order valence-electron chi connectivity index (χ4n) is 4.91. The molecular weight excluding hydrogens is 306 g/mol. The Bertz CT molecular complexity index is 813. The lowest BCUT2D eigenvalue weighted by Gasteiger charge is -2.53. The number of rotatable bonds is 1. The molecule has 2 bridgehead atoms. The van der Waals surface area contributed by atoms with Gasteiger partial charge in [0.2, 0.25) is 5.91 Å². The summed E-state index contributed by atoms with van der Waals surface area (Å²) in [5, 5.41) is 36.2. The third-order valence-electron chi connectivity index (χ3n) is 5.94. The summed E-state index contributed by atoms with van der Waals surface area (Å²) in [6.07, 6.45) is 4.51. The fourth-order valence-corrected chi connectivity index (χ4v) is 4.91. The van der Waals surface area contributed by atoms with Crippen molar-refractivity contribution in [1.82, 2.24) is 10.6 Å². The SMILES string of the molecule is N#CC1(C#N)C(c2ccco2)NC23CCCCC2C1(C#N)C(=O)N3. The summed E-state index contributed by atoms with van der Waals surface area (Å²) in [7, 11) is 0. The number of carbonyl (C=O) groups is 1. The van der Waals surface area contributed by atoms with Gasteiger partial charge in [-0.2, -0.15) is 15.8 Å². The number of nitriles is 3. The maximum atomic E-state index is 12.9. The summed E-state index contributed by atoms with van der Waals surface area (Å²) in [4.78, 5) is 12.9. The van der Waals surface area contributed by atoms with Crippen molar-refractivity contribution in [3.8, 4) is 18.2 Å². The quantitative estimate of drug-likeness (QED) is 0.807. The van der Waals surface area contributed by atoms with Gasteiger partial charge in [0.15, 0.2) is 10.8 Å². The highest BCUT2D eigenvalue weighted by atomic mass is 16.3. The molecule has 1 aliphatic carbocycles. The predicted molar refractivity (Wildman–Crippen MR) is 79.1 cm³/mol. The van der Waals surface area contributed by atoms with Crippen molar-refractivity contribution < 1.29 is 9.21 Å². The minimum absolute atomic E-state index is 0.387. The van der Waals surface area contributed by atoms with E-state index in [4.69, 9.17) is 4.42 Å². The van der Waals surface area contributed by atoms with Crippen molar-refractivity contribution in [2.24, 2.45) is 16.7 Å². The zero-order valence-corrected chi connectivity index (χ0v) is 12.9. The highest BCUT2D eigenvalue weighted by molar-refractivity contribution is 5.92. The summed E-state index contributed by atoms with van der Waals surface area (Å²) < 4.78 is 5.44. The smallest absolute Gasteiger partial charge is 0.245 e. The standard InChI is InChI=1S/C17H15N5O2/c18-8-15(9-19)13(11-4-3-7-24-11)21-17-6-2-1-5-12(17)16(15,10-20)14(23)22-17/h3-4,7,12-13,21H,1-2,5-6H2,(H,22,23). The number of hydrogen-bond donors (Lipinski definition) is 2. The van der Waals surface area contributed by atoms with Crippen molar-refractivity contribution in [2.75, 3.05) is 0 Å². The van der Waals surface area contributed by atoms with Crippen LogP contribution in [0.25, 0.3) is 0 Å². The van der Waals surface area contributed by atoms with Gasteiger partial charge in [-0.15, -0.1) is 0 Å². The molecule has 1 aromatic rings. The first-order valence-electron chi connectivity index (χ1n) is 7.98. The van der Waals surface area contributed by atoms with Crippen molar-refractivity contribution in [3.63, 3.8) is 0 Å². The van der Waals surface area contributed by atoms with Gasteiger partial charge in [-0.25, -0.2) is 0 Å². The molecule has 3 aliphatic rings. The second kappa shape index (κ2) is 4.60. The summed E-state index contributed by atoms with van der Waals surface area (Å²) in [6.45, 7) is 0. The van der Waals surface area contributed by atoms with Crippen LogP contribution >= 0.6 is 0 Å². The molecule has 2 N–H and O–H groups in total. The Labute approximate surface area is 138 Å². The van der Waals surface area contributed by atoms with E-state index in [1.807, 2.05) is 12.1 Å². The number of nitrogens with zero attached hydrogens (tertiary/aromatic N) is 3. The topological polar surface area (TPSA) is 126 Å². The van der Waals surface area contributed by atoms with E-state index in [-0.39, 0.29) is 0 Å². The van der Waals surface area contributed by atoms with Gasteiger partial charge in [-0.1, -0.05) is 6.42 Å². The zero-order chi connectivity index (χ0) is 17.0. The molecule has 7 nitrogen and oxygen atoms in total. The number of furan rings is 1. The molecule has 0 aromatic carbocycles. The van der Waals surface area contributed by atoms with Gasteiger partial charge in [0.05, 0.1) is 30.1 Å². The number of hydrogen-bond acceptors (Lipinski definition) is 6. The molecule has 2 aliphatic heterocycles. The summed E-state index contributed by atoms with van der Waals surface area (Å²) in [6, 6.07) is 8.61. The van der Waals surface area contributed by atoms with E-state index in [1.165, 1.54) is 6.26 Å². The molecule has 0 spiro atoms. The van der Waals surface area contributed by atoms with E-state index in [0.717, 1.165) is 12.8 Å². The van der Waals surface area contributed by atoms with Gasteiger partial charge in [-0.05, 0) is 31.4 Å². The van der Waals surface area contributed by atoms with Gasteiger partial charge in [0.1, 0.15) is 11.8 Å². The van der Waals surface area contributed by atoms with Gasteiger partial charge in [0.25, 0.3) is 0 Å². The maximum Gasteiger partial charge on any atom is 0.245 e. The van der Waals surface area contributed by atoms with Crippen LogP contribution in [0.1, 0.15) is 37.5 Å². The van der Waals surface area contributed by atoms with Crippen molar-refractivity contribution in [3.05, 3.63) is 24.2 Å². The summed E-state index contributed by atoms with van der Waals surface area (Å²) in [5.74, 6) is -0.555. The minimum atomic E-state index is -1.86. The fraction of sp³-hybridized carbons (Fsp3) is 0.529. The van der Waals surface area contributed by atoms with Crippen molar-refractivity contribution in [1.29, 1.82) is 15.8 Å². The van der Waals surface area contributed by atoms with E-state index >= 15 is 0 Å². The van der Waals surface area contributed by atoms with Gasteiger partial charge in [-0.3, -0.25) is 10.1 Å². The Kier molecular flexibility index (Phi) is 2.83. The third kappa shape index (κ3) is 1.36. The average Bonchev–Trinajstić information content (AvgIpc) is 3.19. The monoisotopic (exact) mass is 321 g/mol. The maximum absolute atomic E-state index is 12.9. The highest BCUT2D eigenvalue weighted by Crippen LogP contribution is 2.64. The minimum Gasteiger partial charge on any atom is -0.468 e. The lowest BCUT2D eigenvalue weighted by Crippen LogP contribution is -2.68. The number of carbonyl (C=O) groups excluding carboxylic acids is 1. The summed E-state index contributed by atoms with van der Waals surface area (Å²) >= 11 is 0. The first kappa shape index (κ1) is 14.8. The lowest BCUT2D eigenvalue weighted by molar-refractivity contribution is -0.130. The Balaban J connectivity index is 2.02. The van der Waals surface area contributed by atoms with Crippen LogP contribution < -0.4 is 10.6 Å². The normalized spacial score (nSPS) is 39.0. The molecule has 120 valence electrons. The first-order valence-corrected chi connectivity index (χ1v) is 7.98. The Morgan fingerprint density at radius 2 is 2.00 bits per heavy atom. The van der Waals surface area contributed by atoms with Crippen molar-refractivity contribution >= 4 is 5.91 Å². The van der Waals surface area contributed by atoms with Crippen LogP contribution in [0.15, 0.2) is 22.8 Å². The second-order valence-corrected chi connectivity index (χ2v) is 6.77. The van der Waals surface area contributed by atoms with E-state index in [9.17, 15) is 20.6 Å². The number of piperidine rings is 1. The van der Waals surface area contributed by atoms with Gasteiger partial charge in [0, 0.05) is 5.92 Å². The van der Waals surface area contributed by atoms with Gasteiger partial charge < -0.3 is 9.73 Å². The Morgan fingerprint density at radius 3 is 2.62 bits per heavy atom. The molecule has 3 heterocycles. The molecule has 4 atom stereocenters. The molecule has 1 amide bonds. The van der Waals surface area contributed by atoms with Crippen LogP contribution in [0.2, 0.25) is 0 Å². The molecule has 4 unspecified atom stereocenters. The number of nitrogens with one attached hydrogen (secondary N) is 2. The van der Waals surface area contributed by atoms with E-state index < -0.39 is 34.4 Å². The summed E-state index contributed by atoms with van der Waals surface area (Å²) in [5.41, 5.74) is -4.33. The molecule has 24 heavy (non-hydrogen) atoms. The highest BCUT2D eigenvalue weighted by Gasteiger charge is 2.79. The molecule has 1 saturated carbocycles. The van der Waals surface area contributed by atoms with E-state index in [0.29, 0.717) is 18.6 Å². The van der Waals surface area contributed by atoms with Crippen LogP contribution in [0, 0.1) is 50.7 Å². The Morgan fingerprint density at radius 1 is 1.21 bits per heavy atom. The van der Waals surface area contributed by atoms with E-state index in [1.54, 1.807) is 12.1 Å². The third-order valence-corrected chi connectivity index (χ3v) is 5.94. The van der Waals surface area contributed by atoms with E-state index in [2.05, 4.69) is 16.7 Å². The van der Waals surface area contributed by atoms with Crippen LogP contribution in [-0.2, 0) is 4.79 Å². The zero-order valence-electron chi connectivity index (χ0n) is 12.9. The molecule has 4 rings (SSSR count). The molecular formula is C17H15N5O2. The molecule has 2 saturated heterocycles. The first-order chi connectivity index (χ1) is 11.6. The van der Waals surface area contributed by atoms with Crippen LogP contribution in [0.3, 0.4) is 0 Å². The van der Waals surface area contributed by atoms with Crippen molar-refractivity contribution in [2.45, 2.75) is 37.4 Å². The lowest BCUT2D eigenvalue weighted by atomic mass is 9.50.